The van der Waals surface area contributed by atoms with Crippen molar-refractivity contribution in [1.82, 2.24) is 5.32 Å². The second-order valence-electron chi connectivity index (χ2n) is 8.80. The van der Waals surface area contributed by atoms with Crippen LogP contribution in [0.4, 0.5) is 0 Å². The number of fused-ring (bicyclic) bond motifs is 3. The predicted octanol–water partition coefficient (Wildman–Crippen LogP) is 1.94. The van der Waals surface area contributed by atoms with Crippen LogP contribution in [0.3, 0.4) is 0 Å². The predicted molar refractivity (Wildman–Crippen MR) is 118 cm³/mol. The van der Waals surface area contributed by atoms with Crippen LogP contribution in [0.5, 0.6) is 17.2 Å². The molecule has 1 aromatic rings. The van der Waals surface area contributed by atoms with Crippen LogP contribution in [0.15, 0.2) is 23.1 Å². The van der Waals surface area contributed by atoms with Gasteiger partial charge in [-0.2, -0.15) is 0 Å². The van der Waals surface area contributed by atoms with Crippen LogP contribution in [0, 0.1) is 6.92 Å². The topological polar surface area (TPSA) is 142 Å². The normalized spacial score (nSPS) is 21.9. The van der Waals surface area contributed by atoms with Crippen LogP contribution in [-0.4, -0.2) is 58.0 Å². The highest BCUT2D eigenvalue weighted by Gasteiger charge is 2.56. The number of carbonyl (C=O) groups is 3. The smallest absolute Gasteiger partial charge is 0.194 e. The number of allylic oxidation sites excluding steroid dienone is 4. The summed E-state index contributed by atoms with van der Waals surface area (Å²) in [7, 11) is 0. The second kappa shape index (κ2) is 8.64. The van der Waals surface area contributed by atoms with Gasteiger partial charge in [0.2, 0.25) is 0 Å². The van der Waals surface area contributed by atoms with Crippen molar-refractivity contribution in [3.63, 3.8) is 0 Å². The minimum absolute atomic E-state index is 0.0300. The number of hydrogen-bond acceptors (Lipinski definition) is 9. The van der Waals surface area contributed by atoms with Crippen LogP contribution >= 0.6 is 0 Å². The number of rotatable bonds is 7. The first-order valence-electron chi connectivity index (χ1n) is 10.7. The molecule has 0 radical (unpaired) electrons. The maximum atomic E-state index is 13.6. The van der Waals surface area contributed by atoms with E-state index in [9.17, 15) is 29.7 Å². The average molecular weight is 459 g/mol. The van der Waals surface area contributed by atoms with Gasteiger partial charge in [0.05, 0.1) is 30.0 Å². The summed E-state index contributed by atoms with van der Waals surface area (Å²) >= 11 is 0. The number of aliphatic hydroxyl groups is 1. The van der Waals surface area contributed by atoms with Gasteiger partial charge in [-0.1, -0.05) is 0 Å². The zero-order valence-electron chi connectivity index (χ0n) is 19.5. The van der Waals surface area contributed by atoms with Gasteiger partial charge in [0, 0.05) is 23.9 Å². The summed E-state index contributed by atoms with van der Waals surface area (Å²) in [6.45, 7) is 9.51. The van der Waals surface area contributed by atoms with Crippen molar-refractivity contribution in [1.29, 1.82) is 0 Å². The first-order valence-corrected chi connectivity index (χ1v) is 10.7. The van der Waals surface area contributed by atoms with Crippen molar-refractivity contribution in [3.8, 4) is 17.2 Å². The molecule has 9 nitrogen and oxygen atoms in total. The van der Waals surface area contributed by atoms with Gasteiger partial charge in [-0.05, 0) is 41.5 Å². The molecule has 0 amide bonds. The highest BCUT2D eigenvalue weighted by Crippen LogP contribution is 2.57. The Morgan fingerprint density at radius 3 is 2.42 bits per heavy atom. The fourth-order valence-electron chi connectivity index (χ4n) is 4.08. The number of ether oxygens (including phenoxy) is 2. The number of aromatic hydroxyl groups is 2. The molecular weight excluding hydrogens is 430 g/mol. The van der Waals surface area contributed by atoms with Gasteiger partial charge in [0.1, 0.15) is 34.0 Å². The molecule has 2 atom stereocenters. The van der Waals surface area contributed by atoms with Crippen LogP contribution in [0.2, 0.25) is 0 Å². The first-order chi connectivity index (χ1) is 15.3. The third kappa shape index (κ3) is 3.91. The molecule has 1 aromatic carbocycles. The van der Waals surface area contributed by atoms with E-state index in [-0.39, 0.29) is 64.5 Å². The van der Waals surface area contributed by atoms with Gasteiger partial charge in [-0.25, -0.2) is 0 Å². The molecule has 0 saturated heterocycles. The van der Waals surface area contributed by atoms with Crippen LogP contribution < -0.4 is 10.1 Å². The highest BCUT2D eigenvalue weighted by atomic mass is 16.5. The molecule has 3 rings (SSSR count). The number of phenolic OH excluding ortho intramolecular Hbond substituents is 2. The van der Waals surface area contributed by atoms with E-state index < -0.39 is 34.6 Å². The quantitative estimate of drug-likeness (QED) is 0.273. The standard InChI is InChI=1S/C24H29NO8/c1-10(2)32-9-14(27)8-25-12(4)17-15(28)7-16-24(6,23(17)31)19-21(30)11(3)20(29)18(13(5)26)22(19)33-16/h7,10,14,25,27,29-30H,8-9H2,1-6H3/b17-12+/t14-,24+/m1/s1. The van der Waals surface area contributed by atoms with E-state index in [2.05, 4.69) is 5.32 Å². The lowest BCUT2D eigenvalue weighted by Gasteiger charge is -2.29. The molecule has 1 heterocycles. The molecule has 0 saturated carbocycles. The molecular formula is C24H29NO8. The highest BCUT2D eigenvalue weighted by molar-refractivity contribution is 6.31. The third-order valence-corrected chi connectivity index (χ3v) is 5.98. The van der Waals surface area contributed by atoms with Crippen molar-refractivity contribution in [2.24, 2.45) is 0 Å². The van der Waals surface area contributed by atoms with Gasteiger partial charge >= 0.3 is 0 Å². The van der Waals surface area contributed by atoms with Crippen molar-refractivity contribution in [2.45, 2.75) is 59.2 Å². The average Bonchev–Trinajstić information content (AvgIpc) is 3.02. The molecule has 0 fully saturated rings. The lowest BCUT2D eigenvalue weighted by atomic mass is 9.70. The Bertz CT molecular complexity index is 1110. The molecule has 33 heavy (non-hydrogen) atoms. The Balaban J connectivity index is 2.05. The first kappa shape index (κ1) is 24.5. The summed E-state index contributed by atoms with van der Waals surface area (Å²) in [4.78, 5) is 38.7. The number of aliphatic hydroxyl groups excluding tert-OH is 1. The van der Waals surface area contributed by atoms with Crippen LogP contribution in [0.1, 0.15) is 56.1 Å². The van der Waals surface area contributed by atoms with E-state index in [0.717, 1.165) is 6.08 Å². The SMILES string of the molecule is CC(=O)c1c(O)c(C)c(O)c2c1OC1=CC(=O)/C(=C(/C)NC[C@@H](O)COC(C)C)C(=O)[C@@]12C. The lowest BCUT2D eigenvalue weighted by Crippen LogP contribution is -2.42. The van der Waals surface area contributed by atoms with E-state index in [1.807, 2.05) is 13.8 Å². The van der Waals surface area contributed by atoms with E-state index >= 15 is 0 Å². The van der Waals surface area contributed by atoms with Crippen molar-refractivity contribution < 1.29 is 39.2 Å². The Morgan fingerprint density at radius 1 is 1.21 bits per heavy atom. The van der Waals surface area contributed by atoms with E-state index in [1.165, 1.54) is 20.8 Å². The molecule has 0 aromatic heterocycles. The zero-order chi connectivity index (χ0) is 24.8. The lowest BCUT2D eigenvalue weighted by molar-refractivity contribution is -0.123. The summed E-state index contributed by atoms with van der Waals surface area (Å²) < 4.78 is 11.1. The van der Waals surface area contributed by atoms with Gasteiger partial charge in [0.25, 0.3) is 0 Å². The molecule has 4 N–H and O–H groups in total. The van der Waals surface area contributed by atoms with Crippen molar-refractivity contribution in [3.05, 3.63) is 39.8 Å². The summed E-state index contributed by atoms with van der Waals surface area (Å²) in [5.41, 5.74) is -1.57. The minimum atomic E-state index is -1.58. The number of Topliss-reactive ketones (excluding diaryl/α,β-unsaturated/α-hetero) is 2. The summed E-state index contributed by atoms with van der Waals surface area (Å²) in [6, 6.07) is 0. The summed E-state index contributed by atoms with van der Waals surface area (Å²) in [5, 5.41) is 34.2. The molecule has 2 aliphatic rings. The molecule has 178 valence electrons. The Labute approximate surface area is 191 Å². The third-order valence-electron chi connectivity index (χ3n) is 5.98. The van der Waals surface area contributed by atoms with Gasteiger partial charge < -0.3 is 30.1 Å². The maximum absolute atomic E-state index is 13.6. The van der Waals surface area contributed by atoms with E-state index in [4.69, 9.17) is 9.47 Å². The van der Waals surface area contributed by atoms with E-state index in [1.54, 1.807) is 6.92 Å². The Kier molecular flexibility index (Phi) is 6.41. The molecule has 9 heteroatoms. The number of benzene rings is 1. The Morgan fingerprint density at radius 2 is 1.85 bits per heavy atom. The van der Waals surface area contributed by atoms with Crippen molar-refractivity contribution in [2.75, 3.05) is 13.2 Å². The molecule has 0 unspecified atom stereocenters. The molecule has 0 bridgehead atoms. The number of hydrogen-bond donors (Lipinski definition) is 4. The number of ketones is 3. The number of nitrogens with one attached hydrogen (secondary N) is 1. The van der Waals surface area contributed by atoms with Gasteiger partial charge in [-0.15, -0.1) is 0 Å². The molecule has 0 spiro atoms. The maximum Gasteiger partial charge on any atom is 0.194 e. The summed E-state index contributed by atoms with van der Waals surface area (Å²) in [6.07, 6.45) is 0.236. The number of phenols is 2. The Hall–Kier alpha value is -3.17. The molecule has 1 aliphatic carbocycles. The largest absolute Gasteiger partial charge is 0.507 e. The zero-order valence-corrected chi connectivity index (χ0v) is 19.5. The number of carbonyl (C=O) groups excluding carboxylic acids is 3. The van der Waals surface area contributed by atoms with Crippen molar-refractivity contribution >= 4 is 17.3 Å². The fourth-order valence-corrected chi connectivity index (χ4v) is 4.08. The minimum Gasteiger partial charge on any atom is -0.507 e. The van der Waals surface area contributed by atoms with Crippen LogP contribution in [-0.2, 0) is 19.7 Å². The van der Waals surface area contributed by atoms with Crippen LogP contribution in [0.25, 0.3) is 0 Å². The summed E-state index contributed by atoms with van der Waals surface area (Å²) in [5.74, 6) is -2.73. The van der Waals surface area contributed by atoms with Gasteiger partial charge in [-0.3, -0.25) is 14.4 Å². The molecule has 1 aliphatic heterocycles. The second-order valence-corrected chi connectivity index (χ2v) is 8.80. The monoisotopic (exact) mass is 459 g/mol. The van der Waals surface area contributed by atoms with E-state index in [0.29, 0.717) is 0 Å². The fraction of sp³-hybridized carbons (Fsp3) is 0.458. The van der Waals surface area contributed by atoms with Gasteiger partial charge in [0.15, 0.2) is 17.3 Å².